The van der Waals surface area contributed by atoms with Gasteiger partial charge < -0.3 is 14.6 Å². The first-order chi connectivity index (χ1) is 10.5. The van der Waals surface area contributed by atoms with Gasteiger partial charge in [0.15, 0.2) is 5.75 Å². The summed E-state index contributed by atoms with van der Waals surface area (Å²) in [5.41, 5.74) is -0.171. The Labute approximate surface area is 127 Å². The molecule has 1 aliphatic rings. The third-order valence-electron chi connectivity index (χ3n) is 3.65. The van der Waals surface area contributed by atoms with Crippen LogP contribution in [-0.4, -0.2) is 53.7 Å². The number of hydrogen-bond acceptors (Lipinski definition) is 6. The van der Waals surface area contributed by atoms with E-state index in [2.05, 4.69) is 0 Å². The number of carbonyl (C=O) groups is 1. The number of nitrogens with zero attached hydrogens (tertiary/aromatic N) is 2. The largest absolute Gasteiger partial charge is 0.496 e. The zero-order valence-electron chi connectivity index (χ0n) is 12.2. The highest BCUT2D eigenvalue weighted by Gasteiger charge is 2.30. The second kappa shape index (κ2) is 7.08. The van der Waals surface area contributed by atoms with Crippen molar-refractivity contribution in [3.8, 4) is 11.5 Å². The van der Waals surface area contributed by atoms with Crippen LogP contribution in [0.5, 0.6) is 11.5 Å². The summed E-state index contributed by atoms with van der Waals surface area (Å²) in [6, 6.07) is 3.87. The fourth-order valence-corrected chi connectivity index (χ4v) is 2.54. The number of nitro groups is 1. The Hall–Kier alpha value is -2.35. The van der Waals surface area contributed by atoms with E-state index in [0.717, 1.165) is 6.42 Å². The van der Waals surface area contributed by atoms with Gasteiger partial charge in [-0.3, -0.25) is 19.8 Å². The van der Waals surface area contributed by atoms with E-state index in [4.69, 9.17) is 14.6 Å². The van der Waals surface area contributed by atoms with E-state index in [1.54, 1.807) is 6.07 Å². The summed E-state index contributed by atoms with van der Waals surface area (Å²) in [5.74, 6) is -0.311. The van der Waals surface area contributed by atoms with Crippen molar-refractivity contribution in [3.05, 3.63) is 28.3 Å². The minimum absolute atomic E-state index is 0.150. The summed E-state index contributed by atoms with van der Waals surface area (Å²) in [4.78, 5) is 23.4. The Morgan fingerprint density at radius 1 is 1.55 bits per heavy atom. The maximum absolute atomic E-state index is 11.1. The van der Waals surface area contributed by atoms with Crippen molar-refractivity contribution in [3.63, 3.8) is 0 Å². The molecular formula is C14H18N2O6. The average Bonchev–Trinajstić information content (AvgIpc) is 2.96. The maximum Gasteiger partial charge on any atom is 0.320 e. The van der Waals surface area contributed by atoms with Gasteiger partial charge in [0.05, 0.1) is 18.1 Å². The molecule has 0 radical (unpaired) electrons. The number of methoxy groups -OCH3 is 1. The number of aliphatic carboxylic acids is 1. The lowest BCUT2D eigenvalue weighted by molar-refractivity contribution is -0.385. The van der Waals surface area contributed by atoms with Gasteiger partial charge in [-0.1, -0.05) is 0 Å². The molecule has 1 heterocycles. The van der Waals surface area contributed by atoms with Crippen LogP contribution in [0, 0.1) is 10.1 Å². The quantitative estimate of drug-likeness (QED) is 0.602. The van der Waals surface area contributed by atoms with Gasteiger partial charge in [-0.25, -0.2) is 0 Å². The highest BCUT2D eigenvalue weighted by atomic mass is 16.6. The Kier molecular flexibility index (Phi) is 5.16. The second-order valence-corrected chi connectivity index (χ2v) is 4.97. The lowest BCUT2D eigenvalue weighted by Crippen LogP contribution is -2.38. The standard InChI is InChI=1S/C14H18N2O6/c1-21-10-4-5-13(12(9-10)16(19)20)22-8-7-15-6-2-3-11(15)14(17)18/h4-5,9,11H,2-3,6-8H2,1H3,(H,17,18)/t11-/m1/s1. The second-order valence-electron chi connectivity index (χ2n) is 4.97. The summed E-state index contributed by atoms with van der Waals surface area (Å²) in [6.07, 6.45) is 1.46. The lowest BCUT2D eigenvalue weighted by atomic mass is 10.2. The van der Waals surface area contributed by atoms with E-state index in [-0.39, 0.29) is 18.0 Å². The fraction of sp³-hybridized carbons (Fsp3) is 0.500. The van der Waals surface area contributed by atoms with Gasteiger partial charge in [0.2, 0.25) is 0 Å². The predicted octanol–water partition coefficient (Wildman–Crippen LogP) is 1.53. The molecule has 1 saturated heterocycles. The Morgan fingerprint density at radius 2 is 2.32 bits per heavy atom. The number of ether oxygens (including phenoxy) is 2. The van der Waals surface area contributed by atoms with E-state index < -0.39 is 16.9 Å². The van der Waals surface area contributed by atoms with E-state index in [1.807, 2.05) is 4.90 Å². The van der Waals surface area contributed by atoms with Gasteiger partial charge in [-0.2, -0.15) is 0 Å². The van der Waals surface area contributed by atoms with Gasteiger partial charge in [-0.05, 0) is 31.5 Å². The van der Waals surface area contributed by atoms with Crippen LogP contribution in [0.25, 0.3) is 0 Å². The van der Waals surface area contributed by atoms with Gasteiger partial charge in [0, 0.05) is 6.54 Å². The zero-order valence-corrected chi connectivity index (χ0v) is 12.2. The third kappa shape index (κ3) is 3.64. The van der Waals surface area contributed by atoms with Crippen LogP contribution in [0.4, 0.5) is 5.69 Å². The molecule has 22 heavy (non-hydrogen) atoms. The molecule has 1 fully saturated rings. The normalized spacial score (nSPS) is 18.1. The summed E-state index contributed by atoms with van der Waals surface area (Å²) < 4.78 is 10.4. The molecule has 0 amide bonds. The Bertz CT molecular complexity index is 562. The minimum atomic E-state index is -0.840. The molecule has 0 bridgehead atoms. The smallest absolute Gasteiger partial charge is 0.320 e. The summed E-state index contributed by atoms with van der Waals surface area (Å²) in [5, 5.41) is 20.1. The first kappa shape index (κ1) is 16.0. The fourth-order valence-electron chi connectivity index (χ4n) is 2.54. The SMILES string of the molecule is COc1ccc(OCCN2CCC[C@@H]2C(=O)O)c([N+](=O)[O-])c1. The van der Waals surface area contributed by atoms with Crippen molar-refractivity contribution in [2.75, 3.05) is 26.8 Å². The van der Waals surface area contributed by atoms with Crippen LogP contribution in [0.3, 0.4) is 0 Å². The molecular weight excluding hydrogens is 292 g/mol. The zero-order chi connectivity index (χ0) is 16.1. The number of carboxylic acid groups (broad SMARTS) is 1. The first-order valence-corrected chi connectivity index (χ1v) is 6.95. The highest BCUT2D eigenvalue weighted by Crippen LogP contribution is 2.31. The molecule has 8 nitrogen and oxygen atoms in total. The van der Waals surface area contributed by atoms with Gasteiger partial charge >= 0.3 is 11.7 Å². The number of benzene rings is 1. The van der Waals surface area contributed by atoms with Crippen molar-refractivity contribution in [1.29, 1.82) is 0 Å². The molecule has 0 unspecified atom stereocenters. The van der Waals surface area contributed by atoms with Crippen molar-refractivity contribution >= 4 is 11.7 Å². The third-order valence-corrected chi connectivity index (χ3v) is 3.65. The van der Waals surface area contributed by atoms with Gasteiger partial charge in [0.25, 0.3) is 0 Å². The summed E-state index contributed by atoms with van der Waals surface area (Å²) in [7, 11) is 1.43. The van der Waals surface area contributed by atoms with Crippen molar-refractivity contribution < 1.29 is 24.3 Å². The minimum Gasteiger partial charge on any atom is -0.496 e. The van der Waals surface area contributed by atoms with Crippen molar-refractivity contribution in [2.24, 2.45) is 0 Å². The molecule has 0 saturated carbocycles. The van der Waals surface area contributed by atoms with E-state index in [0.29, 0.717) is 25.3 Å². The van der Waals surface area contributed by atoms with Crippen LogP contribution < -0.4 is 9.47 Å². The predicted molar refractivity (Wildman–Crippen MR) is 77.4 cm³/mol. The molecule has 2 rings (SSSR count). The average molecular weight is 310 g/mol. The molecule has 1 aliphatic heterocycles. The Balaban J connectivity index is 1.97. The molecule has 120 valence electrons. The lowest BCUT2D eigenvalue weighted by Gasteiger charge is -2.20. The molecule has 0 aliphatic carbocycles. The topological polar surface area (TPSA) is 102 Å². The van der Waals surface area contributed by atoms with Crippen LogP contribution in [0.1, 0.15) is 12.8 Å². The first-order valence-electron chi connectivity index (χ1n) is 6.95. The number of likely N-dealkylation sites (tertiary alicyclic amines) is 1. The number of rotatable bonds is 7. The molecule has 0 aromatic heterocycles. The van der Waals surface area contributed by atoms with E-state index in [9.17, 15) is 14.9 Å². The number of carboxylic acids is 1. The molecule has 1 aromatic rings. The number of nitro benzene ring substituents is 1. The van der Waals surface area contributed by atoms with Crippen LogP contribution in [-0.2, 0) is 4.79 Å². The van der Waals surface area contributed by atoms with Crippen LogP contribution >= 0.6 is 0 Å². The monoisotopic (exact) mass is 310 g/mol. The molecule has 8 heteroatoms. The summed E-state index contributed by atoms with van der Waals surface area (Å²) in [6.45, 7) is 1.31. The van der Waals surface area contributed by atoms with Crippen molar-refractivity contribution in [1.82, 2.24) is 4.90 Å². The van der Waals surface area contributed by atoms with E-state index in [1.165, 1.54) is 19.2 Å². The number of hydrogen-bond donors (Lipinski definition) is 1. The van der Waals surface area contributed by atoms with Crippen molar-refractivity contribution in [2.45, 2.75) is 18.9 Å². The summed E-state index contributed by atoms with van der Waals surface area (Å²) >= 11 is 0. The van der Waals surface area contributed by atoms with Gasteiger partial charge in [-0.15, -0.1) is 0 Å². The van der Waals surface area contributed by atoms with Crippen LogP contribution in [0.2, 0.25) is 0 Å². The highest BCUT2D eigenvalue weighted by molar-refractivity contribution is 5.73. The molecule has 1 N–H and O–H groups in total. The maximum atomic E-state index is 11.1. The molecule has 0 spiro atoms. The Morgan fingerprint density at radius 3 is 2.95 bits per heavy atom. The van der Waals surface area contributed by atoms with Gasteiger partial charge in [0.1, 0.15) is 18.4 Å². The molecule has 1 atom stereocenters. The molecule has 1 aromatic carbocycles. The van der Waals surface area contributed by atoms with Crippen LogP contribution in [0.15, 0.2) is 18.2 Å². The van der Waals surface area contributed by atoms with E-state index >= 15 is 0 Å².